The van der Waals surface area contributed by atoms with Gasteiger partial charge in [-0.05, 0) is 71.5 Å². The van der Waals surface area contributed by atoms with Crippen LogP contribution in [0.15, 0.2) is 12.1 Å². The maximum Gasteiger partial charge on any atom is 0.136 e. The SMILES string of the molecule is Fc1cc2c(cc1I)CCCC2. The van der Waals surface area contributed by atoms with Crippen molar-refractivity contribution in [2.24, 2.45) is 0 Å². The summed E-state index contributed by atoms with van der Waals surface area (Å²) in [4.78, 5) is 0. The molecule has 0 bridgehead atoms. The van der Waals surface area contributed by atoms with Gasteiger partial charge in [-0.2, -0.15) is 0 Å². The summed E-state index contributed by atoms with van der Waals surface area (Å²) in [6, 6.07) is 3.70. The fourth-order valence-corrected chi connectivity index (χ4v) is 2.26. The third-order valence-electron chi connectivity index (χ3n) is 2.38. The first kappa shape index (κ1) is 8.48. The molecule has 0 heterocycles. The van der Waals surface area contributed by atoms with Gasteiger partial charge in [0, 0.05) is 3.57 Å². The smallest absolute Gasteiger partial charge is 0.136 e. The highest BCUT2D eigenvalue weighted by Crippen LogP contribution is 2.24. The molecular weight excluding hydrogens is 266 g/mol. The summed E-state index contributed by atoms with van der Waals surface area (Å²) in [5.41, 5.74) is 2.58. The lowest BCUT2D eigenvalue weighted by molar-refractivity contribution is 0.607. The van der Waals surface area contributed by atoms with E-state index in [0.717, 1.165) is 16.4 Å². The van der Waals surface area contributed by atoms with E-state index >= 15 is 0 Å². The minimum Gasteiger partial charge on any atom is -0.206 e. The lowest BCUT2D eigenvalue weighted by atomic mass is 9.92. The first-order valence-corrected chi connectivity index (χ1v) is 5.32. The average molecular weight is 276 g/mol. The van der Waals surface area contributed by atoms with E-state index in [1.54, 1.807) is 6.07 Å². The van der Waals surface area contributed by atoms with Crippen LogP contribution in [-0.4, -0.2) is 0 Å². The van der Waals surface area contributed by atoms with Crippen LogP contribution in [-0.2, 0) is 12.8 Å². The number of fused-ring (bicyclic) bond motifs is 1. The summed E-state index contributed by atoms with van der Waals surface area (Å²) < 4.78 is 13.9. The van der Waals surface area contributed by atoms with Gasteiger partial charge < -0.3 is 0 Å². The highest BCUT2D eigenvalue weighted by Gasteiger charge is 2.11. The zero-order valence-electron chi connectivity index (χ0n) is 6.74. The third kappa shape index (κ3) is 1.49. The van der Waals surface area contributed by atoms with Gasteiger partial charge in [0.2, 0.25) is 0 Å². The molecule has 1 aromatic carbocycles. The molecule has 1 aliphatic carbocycles. The van der Waals surface area contributed by atoms with E-state index in [2.05, 4.69) is 22.6 Å². The minimum absolute atomic E-state index is 0.0590. The monoisotopic (exact) mass is 276 g/mol. The number of aryl methyl sites for hydroxylation is 2. The van der Waals surface area contributed by atoms with Crippen LogP contribution in [0.25, 0.3) is 0 Å². The van der Waals surface area contributed by atoms with Crippen molar-refractivity contribution >= 4 is 22.6 Å². The quantitative estimate of drug-likeness (QED) is 0.638. The van der Waals surface area contributed by atoms with Crippen LogP contribution in [0.5, 0.6) is 0 Å². The summed E-state index contributed by atoms with van der Waals surface area (Å²) in [5, 5.41) is 0. The molecular formula is C10H10FI. The Morgan fingerprint density at radius 1 is 1.08 bits per heavy atom. The molecule has 0 saturated heterocycles. The van der Waals surface area contributed by atoms with E-state index in [1.807, 2.05) is 6.07 Å². The van der Waals surface area contributed by atoms with Crippen LogP contribution >= 0.6 is 22.6 Å². The van der Waals surface area contributed by atoms with E-state index in [4.69, 9.17) is 0 Å². The van der Waals surface area contributed by atoms with Crippen LogP contribution in [0.3, 0.4) is 0 Å². The molecule has 0 aliphatic heterocycles. The number of hydrogen-bond donors (Lipinski definition) is 0. The van der Waals surface area contributed by atoms with E-state index in [-0.39, 0.29) is 5.82 Å². The van der Waals surface area contributed by atoms with Crippen molar-refractivity contribution in [3.8, 4) is 0 Å². The van der Waals surface area contributed by atoms with Gasteiger partial charge in [0.25, 0.3) is 0 Å². The Bertz CT molecular complexity index is 276. The maximum atomic E-state index is 13.1. The van der Waals surface area contributed by atoms with Gasteiger partial charge in [-0.1, -0.05) is 0 Å². The second-order valence-electron chi connectivity index (χ2n) is 3.24. The summed E-state index contributed by atoms with van der Waals surface area (Å²) in [6.45, 7) is 0. The predicted molar refractivity (Wildman–Crippen MR) is 55.8 cm³/mol. The summed E-state index contributed by atoms with van der Waals surface area (Å²) in [5.74, 6) is -0.0590. The van der Waals surface area contributed by atoms with Crippen molar-refractivity contribution in [2.75, 3.05) is 0 Å². The second kappa shape index (κ2) is 3.32. The molecule has 0 fully saturated rings. The van der Waals surface area contributed by atoms with Crippen LogP contribution in [0.2, 0.25) is 0 Å². The Hall–Kier alpha value is -0.120. The van der Waals surface area contributed by atoms with Crippen molar-refractivity contribution in [1.82, 2.24) is 0 Å². The second-order valence-corrected chi connectivity index (χ2v) is 4.40. The third-order valence-corrected chi connectivity index (χ3v) is 3.21. The van der Waals surface area contributed by atoms with Gasteiger partial charge in [-0.3, -0.25) is 0 Å². The van der Waals surface area contributed by atoms with Gasteiger partial charge in [-0.25, -0.2) is 4.39 Å². The normalized spacial score (nSPS) is 15.8. The van der Waals surface area contributed by atoms with Gasteiger partial charge in [0.1, 0.15) is 5.82 Å². The highest BCUT2D eigenvalue weighted by atomic mass is 127. The number of hydrogen-bond acceptors (Lipinski definition) is 0. The van der Waals surface area contributed by atoms with Crippen molar-refractivity contribution in [1.29, 1.82) is 0 Å². The predicted octanol–water partition coefficient (Wildman–Crippen LogP) is 3.31. The molecule has 0 aromatic heterocycles. The molecule has 0 spiro atoms. The molecule has 0 radical (unpaired) electrons. The minimum atomic E-state index is -0.0590. The Kier molecular flexibility index (Phi) is 2.35. The molecule has 2 heteroatoms. The molecule has 1 aromatic rings. The van der Waals surface area contributed by atoms with Gasteiger partial charge in [0.15, 0.2) is 0 Å². The van der Waals surface area contributed by atoms with Crippen LogP contribution in [0.4, 0.5) is 4.39 Å². The van der Waals surface area contributed by atoms with Crippen LogP contribution in [0.1, 0.15) is 24.0 Å². The fraction of sp³-hybridized carbons (Fsp3) is 0.400. The average Bonchev–Trinajstić information content (AvgIpc) is 2.07. The number of halogens is 2. The van der Waals surface area contributed by atoms with Gasteiger partial charge in [-0.15, -0.1) is 0 Å². The Morgan fingerprint density at radius 2 is 1.67 bits per heavy atom. The number of benzene rings is 1. The number of rotatable bonds is 0. The summed E-state index contributed by atoms with van der Waals surface area (Å²) in [7, 11) is 0. The molecule has 0 N–H and O–H groups in total. The Labute approximate surface area is 85.3 Å². The molecule has 0 unspecified atom stereocenters. The van der Waals surface area contributed by atoms with Gasteiger partial charge in [0.05, 0.1) is 0 Å². The molecule has 2 rings (SSSR count). The van der Waals surface area contributed by atoms with Crippen molar-refractivity contribution in [3.63, 3.8) is 0 Å². The van der Waals surface area contributed by atoms with E-state index < -0.39 is 0 Å². The first-order chi connectivity index (χ1) is 5.77. The van der Waals surface area contributed by atoms with Gasteiger partial charge >= 0.3 is 0 Å². The Morgan fingerprint density at radius 3 is 2.33 bits per heavy atom. The molecule has 12 heavy (non-hydrogen) atoms. The molecule has 64 valence electrons. The molecule has 0 atom stereocenters. The zero-order chi connectivity index (χ0) is 8.55. The summed E-state index contributed by atoms with van der Waals surface area (Å²) >= 11 is 2.06. The lowest BCUT2D eigenvalue weighted by Crippen LogP contribution is -2.03. The first-order valence-electron chi connectivity index (χ1n) is 4.24. The molecule has 0 nitrogen and oxygen atoms in total. The lowest BCUT2D eigenvalue weighted by Gasteiger charge is -2.15. The van der Waals surface area contributed by atoms with Crippen LogP contribution in [0, 0.1) is 9.39 Å². The van der Waals surface area contributed by atoms with Crippen molar-refractivity contribution in [2.45, 2.75) is 25.7 Å². The zero-order valence-corrected chi connectivity index (χ0v) is 8.90. The topological polar surface area (TPSA) is 0 Å². The fourth-order valence-electron chi connectivity index (χ4n) is 1.73. The summed E-state index contributed by atoms with van der Waals surface area (Å²) in [6.07, 6.45) is 4.66. The largest absolute Gasteiger partial charge is 0.206 e. The highest BCUT2D eigenvalue weighted by molar-refractivity contribution is 14.1. The molecule has 0 amide bonds. The standard InChI is InChI=1S/C10H10FI/c11-9-5-7-3-1-2-4-8(7)6-10(9)12/h5-6H,1-4H2. The van der Waals surface area contributed by atoms with Crippen LogP contribution < -0.4 is 0 Å². The van der Waals surface area contributed by atoms with Crippen molar-refractivity contribution in [3.05, 3.63) is 32.6 Å². The Balaban J connectivity index is 2.49. The van der Waals surface area contributed by atoms with Crippen molar-refractivity contribution < 1.29 is 4.39 Å². The molecule has 0 saturated carbocycles. The van der Waals surface area contributed by atoms with E-state index in [0.29, 0.717) is 0 Å². The maximum absolute atomic E-state index is 13.1. The molecule has 1 aliphatic rings. The van der Waals surface area contributed by atoms with E-state index in [9.17, 15) is 4.39 Å². The van der Waals surface area contributed by atoms with E-state index in [1.165, 1.54) is 24.0 Å².